The van der Waals surface area contributed by atoms with Gasteiger partial charge in [0.1, 0.15) is 0 Å². The van der Waals surface area contributed by atoms with Crippen LogP contribution in [0.25, 0.3) is 10.8 Å². The first-order valence-corrected chi connectivity index (χ1v) is 8.10. The standard InChI is InChI=1S/C18H18N2OS/c1-13(17-11-6-12-22-17)20(2)18(21)19-16-10-5-8-14-7-3-4-9-15(14)16/h3-13H,1-2H3,(H,19,21). The molecule has 0 saturated heterocycles. The van der Waals surface area contributed by atoms with Crippen molar-refractivity contribution in [2.24, 2.45) is 0 Å². The van der Waals surface area contributed by atoms with Crippen LogP contribution in [0.1, 0.15) is 17.8 Å². The summed E-state index contributed by atoms with van der Waals surface area (Å²) in [6, 6.07) is 18.0. The van der Waals surface area contributed by atoms with Crippen LogP contribution in [-0.2, 0) is 0 Å². The number of hydrogen-bond acceptors (Lipinski definition) is 2. The minimum absolute atomic E-state index is 0.0509. The van der Waals surface area contributed by atoms with E-state index in [0.29, 0.717) is 0 Å². The van der Waals surface area contributed by atoms with Crippen molar-refractivity contribution in [3.8, 4) is 0 Å². The molecule has 0 radical (unpaired) electrons. The van der Waals surface area contributed by atoms with Crippen molar-refractivity contribution in [1.82, 2.24) is 4.90 Å². The molecule has 0 aliphatic carbocycles. The van der Waals surface area contributed by atoms with Gasteiger partial charge in [-0.1, -0.05) is 42.5 Å². The fourth-order valence-electron chi connectivity index (χ4n) is 2.43. The molecule has 112 valence electrons. The Hall–Kier alpha value is -2.33. The molecule has 1 heterocycles. The van der Waals surface area contributed by atoms with Crippen molar-refractivity contribution in [2.45, 2.75) is 13.0 Å². The minimum atomic E-state index is -0.0998. The van der Waals surface area contributed by atoms with Gasteiger partial charge < -0.3 is 10.2 Å². The summed E-state index contributed by atoms with van der Waals surface area (Å²) >= 11 is 1.66. The molecule has 4 heteroatoms. The van der Waals surface area contributed by atoms with Gasteiger partial charge in [0, 0.05) is 17.3 Å². The van der Waals surface area contributed by atoms with Gasteiger partial charge in [-0.3, -0.25) is 0 Å². The molecule has 3 rings (SSSR count). The van der Waals surface area contributed by atoms with E-state index >= 15 is 0 Å². The number of urea groups is 1. The number of benzene rings is 2. The second kappa shape index (κ2) is 6.20. The van der Waals surface area contributed by atoms with Crippen LogP contribution in [0, 0.1) is 0 Å². The van der Waals surface area contributed by atoms with Gasteiger partial charge in [0.05, 0.1) is 11.7 Å². The summed E-state index contributed by atoms with van der Waals surface area (Å²) < 4.78 is 0. The highest BCUT2D eigenvalue weighted by molar-refractivity contribution is 7.10. The number of carbonyl (C=O) groups is 1. The Morgan fingerprint density at radius 3 is 2.64 bits per heavy atom. The van der Waals surface area contributed by atoms with Gasteiger partial charge in [0.2, 0.25) is 0 Å². The molecule has 0 fully saturated rings. The Bertz CT molecular complexity index is 777. The lowest BCUT2D eigenvalue weighted by molar-refractivity contribution is 0.209. The third kappa shape index (κ3) is 2.83. The van der Waals surface area contributed by atoms with E-state index in [2.05, 4.69) is 11.4 Å². The molecule has 1 aromatic heterocycles. The quantitative estimate of drug-likeness (QED) is 0.715. The molecule has 0 aliphatic rings. The number of anilines is 1. The number of amides is 2. The number of thiophene rings is 1. The number of nitrogens with zero attached hydrogens (tertiary/aromatic N) is 1. The molecule has 2 aromatic carbocycles. The number of carbonyl (C=O) groups excluding carboxylic acids is 1. The Morgan fingerprint density at radius 2 is 1.86 bits per heavy atom. The minimum Gasteiger partial charge on any atom is -0.320 e. The maximum Gasteiger partial charge on any atom is 0.322 e. The van der Waals surface area contributed by atoms with Crippen molar-refractivity contribution in [1.29, 1.82) is 0 Å². The topological polar surface area (TPSA) is 32.3 Å². The van der Waals surface area contributed by atoms with E-state index in [0.717, 1.165) is 16.5 Å². The highest BCUT2D eigenvalue weighted by Gasteiger charge is 2.18. The van der Waals surface area contributed by atoms with E-state index in [4.69, 9.17) is 0 Å². The first-order chi connectivity index (χ1) is 10.7. The molecule has 0 aliphatic heterocycles. The van der Waals surface area contributed by atoms with Crippen LogP contribution in [0.2, 0.25) is 0 Å². The highest BCUT2D eigenvalue weighted by Crippen LogP contribution is 2.26. The highest BCUT2D eigenvalue weighted by atomic mass is 32.1. The lowest BCUT2D eigenvalue weighted by Crippen LogP contribution is -2.33. The normalized spacial score (nSPS) is 12.1. The van der Waals surface area contributed by atoms with E-state index < -0.39 is 0 Å². The third-order valence-corrected chi connectivity index (χ3v) is 4.93. The summed E-state index contributed by atoms with van der Waals surface area (Å²) in [7, 11) is 1.82. The van der Waals surface area contributed by atoms with Gasteiger partial charge in [0.15, 0.2) is 0 Å². The summed E-state index contributed by atoms with van der Waals surface area (Å²) in [6.07, 6.45) is 0. The van der Waals surface area contributed by atoms with Crippen LogP contribution in [0.4, 0.5) is 10.5 Å². The number of nitrogens with one attached hydrogen (secondary N) is 1. The maximum absolute atomic E-state index is 12.5. The van der Waals surface area contributed by atoms with Crippen molar-refractivity contribution in [2.75, 3.05) is 12.4 Å². The first kappa shape index (κ1) is 14.6. The summed E-state index contributed by atoms with van der Waals surface area (Å²) in [5.74, 6) is 0. The molecular weight excluding hydrogens is 292 g/mol. The van der Waals surface area contributed by atoms with Crippen molar-refractivity contribution in [3.63, 3.8) is 0 Å². The Kier molecular flexibility index (Phi) is 4.11. The molecule has 3 aromatic rings. The second-order valence-electron chi connectivity index (χ2n) is 5.26. The van der Waals surface area contributed by atoms with Crippen molar-refractivity contribution < 1.29 is 4.79 Å². The Morgan fingerprint density at radius 1 is 1.09 bits per heavy atom. The molecule has 0 saturated carbocycles. The SMILES string of the molecule is CC(c1cccs1)N(C)C(=O)Nc1cccc2ccccc12. The van der Waals surface area contributed by atoms with E-state index in [-0.39, 0.29) is 12.1 Å². The zero-order valence-corrected chi connectivity index (χ0v) is 13.4. The molecule has 3 nitrogen and oxygen atoms in total. The number of fused-ring (bicyclic) bond motifs is 1. The first-order valence-electron chi connectivity index (χ1n) is 7.22. The zero-order chi connectivity index (χ0) is 15.5. The zero-order valence-electron chi connectivity index (χ0n) is 12.6. The molecule has 1 unspecified atom stereocenters. The fraction of sp³-hybridized carbons (Fsp3) is 0.167. The van der Waals surface area contributed by atoms with Gasteiger partial charge in [0.25, 0.3) is 0 Å². The average molecular weight is 310 g/mol. The van der Waals surface area contributed by atoms with Crippen LogP contribution in [-0.4, -0.2) is 18.0 Å². The van der Waals surface area contributed by atoms with Crippen LogP contribution in [0.15, 0.2) is 60.0 Å². The van der Waals surface area contributed by atoms with Gasteiger partial charge in [-0.15, -0.1) is 11.3 Å². The number of hydrogen-bond donors (Lipinski definition) is 1. The summed E-state index contributed by atoms with van der Waals surface area (Å²) in [6.45, 7) is 2.04. The summed E-state index contributed by atoms with van der Waals surface area (Å²) in [5.41, 5.74) is 0.841. The summed E-state index contributed by atoms with van der Waals surface area (Å²) in [4.78, 5) is 15.4. The van der Waals surface area contributed by atoms with Crippen molar-refractivity contribution in [3.05, 3.63) is 64.9 Å². The Balaban J connectivity index is 1.81. The predicted octanol–water partition coefficient (Wildman–Crippen LogP) is 5.13. The molecule has 2 amide bonds. The molecule has 0 spiro atoms. The van der Waals surface area contributed by atoms with Crippen LogP contribution in [0.5, 0.6) is 0 Å². The van der Waals surface area contributed by atoms with E-state index in [1.165, 1.54) is 4.88 Å². The molecule has 0 bridgehead atoms. The molecule has 22 heavy (non-hydrogen) atoms. The van der Waals surface area contributed by atoms with Gasteiger partial charge in [-0.05, 0) is 29.8 Å². The largest absolute Gasteiger partial charge is 0.322 e. The second-order valence-corrected chi connectivity index (χ2v) is 6.24. The number of rotatable bonds is 3. The molecule has 1 atom stereocenters. The van der Waals surface area contributed by atoms with Crippen LogP contribution >= 0.6 is 11.3 Å². The third-order valence-electron chi connectivity index (χ3n) is 3.89. The van der Waals surface area contributed by atoms with Gasteiger partial charge >= 0.3 is 6.03 Å². The average Bonchev–Trinajstić information content (AvgIpc) is 3.08. The van der Waals surface area contributed by atoms with Crippen LogP contribution < -0.4 is 5.32 Å². The van der Waals surface area contributed by atoms with E-state index in [1.807, 2.05) is 67.9 Å². The monoisotopic (exact) mass is 310 g/mol. The van der Waals surface area contributed by atoms with Crippen LogP contribution in [0.3, 0.4) is 0 Å². The van der Waals surface area contributed by atoms with Gasteiger partial charge in [-0.2, -0.15) is 0 Å². The Labute approximate surface area is 134 Å². The van der Waals surface area contributed by atoms with Gasteiger partial charge in [-0.25, -0.2) is 4.79 Å². The maximum atomic E-state index is 12.5. The van der Waals surface area contributed by atoms with Crippen molar-refractivity contribution >= 4 is 33.8 Å². The molecular formula is C18H18N2OS. The smallest absolute Gasteiger partial charge is 0.320 e. The lowest BCUT2D eigenvalue weighted by atomic mass is 10.1. The molecule has 1 N–H and O–H groups in total. The lowest BCUT2D eigenvalue weighted by Gasteiger charge is -2.24. The fourth-order valence-corrected chi connectivity index (χ4v) is 3.26. The predicted molar refractivity (Wildman–Crippen MR) is 93.5 cm³/mol. The summed E-state index contributed by atoms with van der Waals surface area (Å²) in [5, 5.41) is 7.22. The van der Waals surface area contributed by atoms with E-state index in [9.17, 15) is 4.79 Å². The van der Waals surface area contributed by atoms with E-state index in [1.54, 1.807) is 16.2 Å².